The Kier molecular flexibility index (Phi) is 3.73. The summed E-state index contributed by atoms with van der Waals surface area (Å²) in [6, 6.07) is 1.10. The van der Waals surface area contributed by atoms with E-state index < -0.39 is 6.04 Å². The van der Waals surface area contributed by atoms with E-state index in [1.54, 1.807) is 13.0 Å². The quantitative estimate of drug-likeness (QED) is 0.627. The first-order chi connectivity index (χ1) is 8.54. The Morgan fingerprint density at radius 1 is 1.56 bits per heavy atom. The third-order valence-corrected chi connectivity index (χ3v) is 2.58. The van der Waals surface area contributed by atoms with E-state index in [4.69, 9.17) is 11.6 Å². The average Bonchev–Trinajstić information content (AvgIpc) is 2.28. The smallest absolute Gasteiger partial charge is 0.245 e. The highest BCUT2D eigenvalue weighted by Crippen LogP contribution is 2.09. The monoisotopic (exact) mass is 269 g/mol. The van der Waals surface area contributed by atoms with Crippen molar-refractivity contribution in [2.75, 3.05) is 18.4 Å². The summed E-state index contributed by atoms with van der Waals surface area (Å²) in [5, 5.41) is 8.21. The zero-order chi connectivity index (χ0) is 13.1. The van der Waals surface area contributed by atoms with Gasteiger partial charge in [-0.3, -0.25) is 20.2 Å². The number of anilines is 1. The highest BCUT2D eigenvalue weighted by molar-refractivity contribution is 6.29. The number of halogens is 1. The number of hydrogen-bond acceptors (Lipinski definition) is 5. The number of carbonyl (C=O) groups is 2. The molecule has 2 heterocycles. The summed E-state index contributed by atoms with van der Waals surface area (Å²) in [7, 11) is 0. The van der Waals surface area contributed by atoms with Crippen molar-refractivity contribution in [3.63, 3.8) is 0 Å². The Hall–Kier alpha value is -1.73. The van der Waals surface area contributed by atoms with Gasteiger partial charge in [0.15, 0.2) is 0 Å². The molecule has 0 aliphatic carbocycles. The van der Waals surface area contributed by atoms with Crippen LogP contribution in [0.5, 0.6) is 0 Å². The zero-order valence-corrected chi connectivity index (χ0v) is 10.4. The maximum absolute atomic E-state index is 11.8. The minimum absolute atomic E-state index is 0.119. The van der Waals surface area contributed by atoms with Crippen LogP contribution in [-0.2, 0) is 9.59 Å². The van der Waals surface area contributed by atoms with Gasteiger partial charge in [-0.25, -0.2) is 9.97 Å². The minimum Gasteiger partial charge on any atom is -0.353 e. The Morgan fingerprint density at radius 2 is 2.33 bits per heavy atom. The lowest BCUT2D eigenvalue weighted by Gasteiger charge is -2.22. The fraction of sp³-hybridized carbons (Fsp3) is 0.400. The van der Waals surface area contributed by atoms with Gasteiger partial charge < -0.3 is 5.32 Å². The molecule has 0 spiro atoms. The normalized spacial score (nSPS) is 19.2. The van der Waals surface area contributed by atoms with E-state index in [0.717, 1.165) is 0 Å². The predicted molar refractivity (Wildman–Crippen MR) is 65.2 cm³/mol. The van der Waals surface area contributed by atoms with Crippen LogP contribution in [0.15, 0.2) is 6.07 Å². The number of aromatic nitrogens is 2. The van der Waals surface area contributed by atoms with Crippen molar-refractivity contribution in [2.24, 2.45) is 0 Å². The van der Waals surface area contributed by atoms with Gasteiger partial charge in [0.2, 0.25) is 17.8 Å². The van der Waals surface area contributed by atoms with Gasteiger partial charge in [0, 0.05) is 12.2 Å². The Labute approximate surface area is 108 Å². The number of aryl methyl sites for hydroxylation is 1. The van der Waals surface area contributed by atoms with Gasteiger partial charge in [-0.1, -0.05) is 11.6 Å². The fourth-order valence-electron chi connectivity index (χ4n) is 1.54. The Morgan fingerprint density at radius 3 is 2.94 bits per heavy atom. The van der Waals surface area contributed by atoms with E-state index in [0.29, 0.717) is 5.69 Å². The summed E-state index contributed by atoms with van der Waals surface area (Å²) in [5.74, 6) is -0.283. The molecule has 8 heteroatoms. The van der Waals surface area contributed by atoms with Gasteiger partial charge in [0.1, 0.15) is 11.2 Å². The third-order valence-electron chi connectivity index (χ3n) is 2.39. The van der Waals surface area contributed by atoms with Crippen molar-refractivity contribution < 1.29 is 9.59 Å². The van der Waals surface area contributed by atoms with E-state index in [-0.39, 0.29) is 36.0 Å². The second kappa shape index (κ2) is 5.28. The maximum Gasteiger partial charge on any atom is 0.245 e. The van der Waals surface area contributed by atoms with Crippen molar-refractivity contribution in [2.45, 2.75) is 13.0 Å². The van der Waals surface area contributed by atoms with Crippen molar-refractivity contribution in [1.82, 2.24) is 20.6 Å². The standard InChI is InChI=1S/C10H12ClN5O2/c1-5-2-7(11)15-10(14-5)16-9(18)6-3-13-8(17)4-12-6/h2,6,12H,3-4H2,1H3,(H,13,17)(H,14,15,16,18). The molecular formula is C10H12ClN5O2. The summed E-state index contributed by atoms with van der Waals surface area (Å²) in [4.78, 5) is 30.7. The summed E-state index contributed by atoms with van der Waals surface area (Å²) in [6.07, 6.45) is 0. The first kappa shape index (κ1) is 12.7. The molecule has 1 unspecified atom stereocenters. The zero-order valence-electron chi connectivity index (χ0n) is 9.66. The summed E-state index contributed by atoms with van der Waals surface area (Å²) in [5.41, 5.74) is 0.662. The third kappa shape index (κ3) is 3.14. The van der Waals surface area contributed by atoms with E-state index in [1.165, 1.54) is 0 Å². The van der Waals surface area contributed by atoms with Gasteiger partial charge >= 0.3 is 0 Å². The molecule has 2 rings (SSSR count). The molecule has 18 heavy (non-hydrogen) atoms. The van der Waals surface area contributed by atoms with Crippen LogP contribution in [0.3, 0.4) is 0 Å². The molecule has 1 aliphatic heterocycles. The molecule has 0 aromatic carbocycles. The molecule has 1 fully saturated rings. The van der Waals surface area contributed by atoms with Crippen LogP contribution in [0.4, 0.5) is 5.95 Å². The van der Waals surface area contributed by atoms with E-state index >= 15 is 0 Å². The van der Waals surface area contributed by atoms with Crippen molar-refractivity contribution in [3.05, 3.63) is 16.9 Å². The van der Waals surface area contributed by atoms with Crippen LogP contribution in [0.25, 0.3) is 0 Å². The van der Waals surface area contributed by atoms with Crippen molar-refractivity contribution >= 4 is 29.4 Å². The van der Waals surface area contributed by atoms with Gasteiger partial charge in [0.05, 0.1) is 6.54 Å². The van der Waals surface area contributed by atoms with Crippen LogP contribution in [0.2, 0.25) is 5.15 Å². The van der Waals surface area contributed by atoms with Gasteiger partial charge in [0.25, 0.3) is 0 Å². The van der Waals surface area contributed by atoms with E-state index in [2.05, 4.69) is 25.9 Å². The van der Waals surface area contributed by atoms with Crippen LogP contribution < -0.4 is 16.0 Å². The summed E-state index contributed by atoms with van der Waals surface area (Å²) < 4.78 is 0. The molecule has 3 N–H and O–H groups in total. The number of amides is 2. The topological polar surface area (TPSA) is 96.0 Å². The van der Waals surface area contributed by atoms with E-state index in [1.807, 2.05) is 0 Å². The molecular weight excluding hydrogens is 258 g/mol. The maximum atomic E-state index is 11.8. The van der Waals surface area contributed by atoms with E-state index in [9.17, 15) is 9.59 Å². The molecule has 2 amide bonds. The number of carbonyl (C=O) groups excluding carboxylic acids is 2. The lowest BCUT2D eigenvalue weighted by atomic mass is 10.2. The highest BCUT2D eigenvalue weighted by Gasteiger charge is 2.24. The fourth-order valence-corrected chi connectivity index (χ4v) is 1.77. The predicted octanol–water partition coefficient (Wildman–Crippen LogP) is -0.535. The summed E-state index contributed by atoms with van der Waals surface area (Å²) in [6.45, 7) is 2.11. The number of nitrogens with one attached hydrogen (secondary N) is 3. The lowest BCUT2D eigenvalue weighted by molar-refractivity contribution is -0.124. The molecule has 1 aromatic heterocycles. The summed E-state index contributed by atoms with van der Waals surface area (Å²) >= 11 is 5.76. The average molecular weight is 270 g/mol. The van der Waals surface area contributed by atoms with Crippen LogP contribution in [0.1, 0.15) is 5.69 Å². The Balaban J connectivity index is 2.00. The minimum atomic E-state index is -0.495. The number of piperazine rings is 1. The van der Waals surface area contributed by atoms with Gasteiger partial charge in [-0.05, 0) is 13.0 Å². The van der Waals surface area contributed by atoms with Crippen molar-refractivity contribution in [3.8, 4) is 0 Å². The van der Waals surface area contributed by atoms with Crippen molar-refractivity contribution in [1.29, 1.82) is 0 Å². The molecule has 1 aliphatic rings. The number of nitrogens with zero attached hydrogens (tertiary/aromatic N) is 2. The second-order valence-corrected chi connectivity index (χ2v) is 4.27. The molecule has 1 saturated heterocycles. The van der Waals surface area contributed by atoms with Crippen LogP contribution in [-0.4, -0.2) is 40.9 Å². The lowest BCUT2D eigenvalue weighted by Crippen LogP contribution is -2.56. The molecule has 0 radical (unpaired) electrons. The number of hydrogen-bond donors (Lipinski definition) is 3. The second-order valence-electron chi connectivity index (χ2n) is 3.88. The molecule has 1 aromatic rings. The first-order valence-electron chi connectivity index (χ1n) is 5.37. The van der Waals surface area contributed by atoms with Gasteiger partial charge in [-0.2, -0.15) is 0 Å². The number of rotatable bonds is 2. The molecule has 96 valence electrons. The van der Waals surface area contributed by atoms with Gasteiger partial charge in [-0.15, -0.1) is 0 Å². The molecule has 0 bridgehead atoms. The molecule has 0 saturated carbocycles. The Bertz CT molecular complexity index is 463. The first-order valence-corrected chi connectivity index (χ1v) is 5.74. The highest BCUT2D eigenvalue weighted by atomic mass is 35.5. The SMILES string of the molecule is Cc1cc(Cl)nc(NC(=O)C2CNC(=O)CN2)n1. The van der Waals surface area contributed by atoms with Crippen LogP contribution in [0, 0.1) is 6.92 Å². The largest absolute Gasteiger partial charge is 0.353 e. The van der Waals surface area contributed by atoms with Crippen LogP contribution >= 0.6 is 11.6 Å². The molecule has 1 atom stereocenters. The molecule has 7 nitrogen and oxygen atoms in total.